The molecule has 0 saturated carbocycles. The van der Waals surface area contributed by atoms with Gasteiger partial charge in [0.15, 0.2) is 0 Å². The van der Waals surface area contributed by atoms with E-state index in [-0.39, 0.29) is 29.6 Å². The topological polar surface area (TPSA) is 37.3 Å². The van der Waals surface area contributed by atoms with Crippen molar-refractivity contribution in [1.82, 2.24) is 0 Å². The van der Waals surface area contributed by atoms with Crippen LogP contribution < -0.4 is 0 Å². The fourth-order valence-electron chi connectivity index (χ4n) is 2.82. The monoisotopic (exact) mass is 321 g/mol. The first-order chi connectivity index (χ1) is 10.3. The van der Waals surface area contributed by atoms with Gasteiger partial charge in [0.25, 0.3) is 0 Å². The molecule has 0 unspecified atom stereocenters. The summed E-state index contributed by atoms with van der Waals surface area (Å²) in [4.78, 5) is 10.3. The summed E-state index contributed by atoms with van der Waals surface area (Å²) in [7, 11) is 0. The average molecular weight is 322 g/mol. The van der Waals surface area contributed by atoms with Crippen molar-refractivity contribution in [3.8, 4) is 0 Å². The third-order valence-electron chi connectivity index (χ3n) is 4.24. The van der Waals surface area contributed by atoms with Gasteiger partial charge in [-0.1, -0.05) is 103 Å². The Morgan fingerprint density at radius 1 is 0.591 bits per heavy atom. The number of unbranched alkanes of at least 4 members (excludes halogenated alkanes) is 15. The van der Waals surface area contributed by atoms with Gasteiger partial charge in [-0.15, -0.1) is 0 Å². The summed E-state index contributed by atoms with van der Waals surface area (Å²) in [5, 5.41) is 8.53. The molecule has 22 heavy (non-hydrogen) atoms. The largest absolute Gasteiger partial charge is 0.481 e. The van der Waals surface area contributed by atoms with E-state index in [1.54, 1.807) is 0 Å². The molecule has 2 nitrogen and oxygen atoms in total. The Kier molecular flexibility index (Phi) is 24.1. The van der Waals surface area contributed by atoms with E-state index in [4.69, 9.17) is 5.11 Å². The van der Waals surface area contributed by atoms with E-state index in [1.165, 1.54) is 89.9 Å². The molecule has 0 aromatic heterocycles. The van der Waals surface area contributed by atoms with Gasteiger partial charge in [-0.3, -0.25) is 4.79 Å². The second-order valence-electron chi connectivity index (χ2n) is 6.45. The van der Waals surface area contributed by atoms with Gasteiger partial charge in [0, 0.05) is 36.0 Å². The molecule has 0 aromatic rings. The van der Waals surface area contributed by atoms with E-state index in [9.17, 15) is 4.79 Å². The Balaban J connectivity index is 0. The molecule has 0 fully saturated rings. The van der Waals surface area contributed by atoms with Gasteiger partial charge >= 0.3 is 5.97 Å². The summed E-state index contributed by atoms with van der Waals surface area (Å²) in [6.45, 7) is 2.27. The molecule has 0 aliphatic rings. The zero-order chi connectivity index (χ0) is 15.6. The zero-order valence-electron chi connectivity index (χ0n) is 15.4. The predicted octanol–water partition coefficient (Wildman–Crippen LogP) is 6.34. The minimum Gasteiger partial charge on any atom is -0.481 e. The van der Waals surface area contributed by atoms with Crippen LogP contribution in [0.4, 0.5) is 0 Å². The van der Waals surface area contributed by atoms with Crippen LogP contribution in [0.3, 0.4) is 0 Å². The van der Waals surface area contributed by atoms with E-state index in [0.29, 0.717) is 6.42 Å². The molecule has 0 atom stereocenters. The van der Waals surface area contributed by atoms with Gasteiger partial charge in [0.2, 0.25) is 0 Å². The Morgan fingerprint density at radius 3 is 1.14 bits per heavy atom. The normalized spacial score (nSPS) is 10.4. The number of carbonyl (C=O) groups is 1. The maximum Gasteiger partial charge on any atom is 0.303 e. The number of carboxylic acids is 1. The molecule has 127 valence electrons. The SMILES string of the molecule is CCCCCCCCCCCCCCCCCCC(=O)O.[Na]. The summed E-state index contributed by atoms with van der Waals surface area (Å²) < 4.78 is 0. The fraction of sp³-hybridized carbons (Fsp3) is 0.947. The van der Waals surface area contributed by atoms with Crippen LogP contribution in [0.1, 0.15) is 116 Å². The first kappa shape index (κ1) is 24.7. The summed E-state index contributed by atoms with van der Waals surface area (Å²) in [5.41, 5.74) is 0. The van der Waals surface area contributed by atoms with E-state index in [0.717, 1.165) is 12.8 Å². The van der Waals surface area contributed by atoms with E-state index in [2.05, 4.69) is 6.92 Å². The first-order valence-electron chi connectivity index (χ1n) is 9.49. The van der Waals surface area contributed by atoms with Crippen molar-refractivity contribution in [1.29, 1.82) is 0 Å². The van der Waals surface area contributed by atoms with Crippen molar-refractivity contribution < 1.29 is 9.90 Å². The molecule has 3 heteroatoms. The van der Waals surface area contributed by atoms with Crippen molar-refractivity contribution in [2.45, 2.75) is 116 Å². The number of hydrogen-bond donors (Lipinski definition) is 1. The van der Waals surface area contributed by atoms with Crippen molar-refractivity contribution in [2.24, 2.45) is 0 Å². The molecule has 0 aromatic carbocycles. The zero-order valence-corrected chi connectivity index (χ0v) is 17.4. The molecule has 0 aliphatic carbocycles. The Labute approximate surface area is 161 Å². The average Bonchev–Trinajstić information content (AvgIpc) is 2.46. The number of rotatable bonds is 17. The Morgan fingerprint density at radius 2 is 0.864 bits per heavy atom. The van der Waals surface area contributed by atoms with E-state index >= 15 is 0 Å². The van der Waals surface area contributed by atoms with Crippen LogP contribution in [0.25, 0.3) is 0 Å². The van der Waals surface area contributed by atoms with Gasteiger partial charge in [-0.25, -0.2) is 0 Å². The van der Waals surface area contributed by atoms with Crippen LogP contribution >= 0.6 is 0 Å². The minimum atomic E-state index is -0.652. The van der Waals surface area contributed by atoms with Crippen molar-refractivity contribution >= 4 is 35.5 Å². The Bertz CT molecular complexity index is 219. The van der Waals surface area contributed by atoms with Crippen molar-refractivity contribution in [3.63, 3.8) is 0 Å². The third kappa shape index (κ3) is 22.7. The quantitative estimate of drug-likeness (QED) is 0.250. The van der Waals surface area contributed by atoms with Crippen LogP contribution in [-0.4, -0.2) is 40.6 Å². The maximum absolute atomic E-state index is 10.3. The van der Waals surface area contributed by atoms with Gasteiger partial charge in [0.05, 0.1) is 0 Å². The molecule has 1 N–H and O–H groups in total. The molecule has 0 amide bonds. The van der Waals surface area contributed by atoms with Crippen LogP contribution in [0.15, 0.2) is 0 Å². The van der Waals surface area contributed by atoms with Gasteiger partial charge in [-0.2, -0.15) is 0 Å². The number of hydrogen-bond acceptors (Lipinski definition) is 1. The fourth-order valence-corrected chi connectivity index (χ4v) is 2.82. The second kappa shape index (κ2) is 21.5. The van der Waals surface area contributed by atoms with Crippen molar-refractivity contribution in [2.75, 3.05) is 0 Å². The molecule has 0 aliphatic heterocycles. The molecule has 0 heterocycles. The standard InChI is InChI=1S/C19H38O2.Na/c1-2-3-4-5-6-7-8-9-10-11-12-13-14-15-16-17-18-19(20)21;/h2-18H2,1H3,(H,20,21);. The van der Waals surface area contributed by atoms with Gasteiger partial charge < -0.3 is 5.11 Å². The van der Waals surface area contributed by atoms with E-state index < -0.39 is 5.97 Å². The first-order valence-corrected chi connectivity index (χ1v) is 9.49. The second-order valence-corrected chi connectivity index (χ2v) is 6.45. The number of aliphatic carboxylic acids is 1. The summed E-state index contributed by atoms with van der Waals surface area (Å²) in [6.07, 6.45) is 21.7. The van der Waals surface area contributed by atoms with Crippen LogP contribution in [0, 0.1) is 0 Å². The van der Waals surface area contributed by atoms with Gasteiger partial charge in [0.1, 0.15) is 0 Å². The molecular formula is C19H38NaO2. The smallest absolute Gasteiger partial charge is 0.303 e. The number of carboxylic acid groups (broad SMARTS) is 1. The van der Waals surface area contributed by atoms with Gasteiger partial charge in [-0.05, 0) is 6.42 Å². The van der Waals surface area contributed by atoms with Crippen LogP contribution in [0.2, 0.25) is 0 Å². The van der Waals surface area contributed by atoms with Crippen molar-refractivity contribution in [3.05, 3.63) is 0 Å². The maximum atomic E-state index is 10.3. The summed E-state index contributed by atoms with van der Waals surface area (Å²) in [5.74, 6) is -0.652. The molecule has 0 saturated heterocycles. The summed E-state index contributed by atoms with van der Waals surface area (Å²) >= 11 is 0. The van der Waals surface area contributed by atoms with Crippen LogP contribution in [0.5, 0.6) is 0 Å². The minimum absolute atomic E-state index is 0. The molecular weight excluding hydrogens is 283 g/mol. The van der Waals surface area contributed by atoms with Crippen LogP contribution in [-0.2, 0) is 4.79 Å². The predicted molar refractivity (Wildman–Crippen MR) is 97.6 cm³/mol. The Hall–Kier alpha value is 0.470. The molecule has 0 rings (SSSR count). The molecule has 0 bridgehead atoms. The van der Waals surface area contributed by atoms with E-state index in [1.807, 2.05) is 0 Å². The molecule has 0 spiro atoms. The summed E-state index contributed by atoms with van der Waals surface area (Å²) in [6, 6.07) is 0. The third-order valence-corrected chi connectivity index (χ3v) is 4.24. The molecule has 1 radical (unpaired) electrons.